The van der Waals surface area contributed by atoms with Gasteiger partial charge in [-0.15, -0.1) is 5.10 Å². The van der Waals surface area contributed by atoms with Gasteiger partial charge in [0.15, 0.2) is 11.4 Å². The van der Waals surface area contributed by atoms with E-state index in [1.807, 2.05) is 54.4 Å². The van der Waals surface area contributed by atoms with E-state index in [1.54, 1.807) is 10.7 Å². The van der Waals surface area contributed by atoms with Gasteiger partial charge >= 0.3 is 0 Å². The lowest BCUT2D eigenvalue weighted by molar-refractivity contribution is 0.0267. The van der Waals surface area contributed by atoms with Crippen LogP contribution in [0.25, 0.3) is 28.1 Å². The van der Waals surface area contributed by atoms with Crippen molar-refractivity contribution in [1.82, 2.24) is 19.5 Å². The number of benzene rings is 1. The highest BCUT2D eigenvalue weighted by molar-refractivity contribution is 5.82. The summed E-state index contributed by atoms with van der Waals surface area (Å²) in [6.07, 6.45) is 3.05. The fourth-order valence-electron chi connectivity index (χ4n) is 3.58. The zero-order valence-corrected chi connectivity index (χ0v) is 14.9. The van der Waals surface area contributed by atoms with Crippen molar-refractivity contribution in [3.63, 3.8) is 0 Å². The van der Waals surface area contributed by atoms with Gasteiger partial charge in [-0.05, 0) is 38.1 Å². The third kappa shape index (κ3) is 2.85. The summed E-state index contributed by atoms with van der Waals surface area (Å²) < 4.78 is 13.6. The second-order valence-corrected chi connectivity index (χ2v) is 6.92. The van der Waals surface area contributed by atoms with Crippen LogP contribution in [0.5, 0.6) is 5.88 Å². The summed E-state index contributed by atoms with van der Waals surface area (Å²) in [7, 11) is 1.91. The van der Waals surface area contributed by atoms with Crippen LogP contribution in [0.4, 0.5) is 0 Å². The maximum Gasteiger partial charge on any atom is 0.231 e. The van der Waals surface area contributed by atoms with Gasteiger partial charge in [-0.3, -0.25) is 4.90 Å². The van der Waals surface area contributed by atoms with Gasteiger partial charge in [-0.2, -0.15) is 0 Å². The number of imidazole rings is 1. The minimum absolute atomic E-state index is 0.190. The van der Waals surface area contributed by atoms with E-state index in [1.165, 1.54) is 0 Å². The normalized spacial score (nSPS) is 20.7. The first-order chi connectivity index (χ1) is 13.2. The molecule has 0 radical (unpaired) electrons. The number of rotatable bonds is 4. The first-order valence-corrected chi connectivity index (χ1v) is 9.05. The summed E-state index contributed by atoms with van der Waals surface area (Å²) in [5, 5.41) is 15.5. The number of likely N-dealkylation sites (tertiary alicyclic amines) is 1. The van der Waals surface area contributed by atoms with E-state index in [4.69, 9.17) is 9.15 Å². The van der Waals surface area contributed by atoms with Gasteiger partial charge in [0, 0.05) is 17.5 Å². The molecule has 0 aliphatic carbocycles. The van der Waals surface area contributed by atoms with E-state index in [0.29, 0.717) is 18.2 Å². The second-order valence-electron chi connectivity index (χ2n) is 6.92. The van der Waals surface area contributed by atoms with Crippen molar-refractivity contribution >= 4 is 16.6 Å². The van der Waals surface area contributed by atoms with Crippen molar-refractivity contribution in [3.8, 4) is 17.3 Å². The molecule has 5 rings (SSSR count). The van der Waals surface area contributed by atoms with Crippen LogP contribution in [0.2, 0.25) is 0 Å². The van der Waals surface area contributed by atoms with Crippen molar-refractivity contribution < 1.29 is 14.3 Å². The van der Waals surface area contributed by atoms with Crippen molar-refractivity contribution in [2.45, 2.75) is 25.1 Å². The molecule has 1 N–H and O–H groups in total. The molecule has 1 saturated heterocycles. The third-order valence-corrected chi connectivity index (χ3v) is 5.24. The SMILES string of the molecule is CN1C(O)CCC1COc1ccc2ncc(-c3cc4ccccc4o3)n2n1. The van der Waals surface area contributed by atoms with Crippen LogP contribution in [0.15, 0.2) is 53.1 Å². The lowest BCUT2D eigenvalue weighted by Crippen LogP contribution is -2.35. The summed E-state index contributed by atoms with van der Waals surface area (Å²) in [4.78, 5) is 6.35. The molecular weight excluding hydrogens is 344 g/mol. The van der Waals surface area contributed by atoms with E-state index < -0.39 is 0 Å². The zero-order valence-electron chi connectivity index (χ0n) is 14.9. The fourth-order valence-corrected chi connectivity index (χ4v) is 3.58. The number of para-hydroxylation sites is 1. The minimum Gasteiger partial charge on any atom is -0.475 e. The smallest absolute Gasteiger partial charge is 0.231 e. The number of likely N-dealkylation sites (N-methyl/N-ethyl adjacent to an activating group) is 1. The number of hydrogen-bond acceptors (Lipinski definition) is 6. The highest BCUT2D eigenvalue weighted by atomic mass is 16.5. The number of nitrogens with zero attached hydrogens (tertiary/aromatic N) is 4. The van der Waals surface area contributed by atoms with Crippen LogP contribution in [-0.4, -0.2) is 50.5 Å². The Morgan fingerprint density at radius 1 is 1.22 bits per heavy atom. The molecule has 1 aromatic carbocycles. The minimum atomic E-state index is -0.387. The number of aromatic nitrogens is 3. The molecule has 2 unspecified atom stereocenters. The van der Waals surface area contributed by atoms with Crippen LogP contribution in [0.1, 0.15) is 12.8 Å². The van der Waals surface area contributed by atoms with E-state index >= 15 is 0 Å². The Balaban J connectivity index is 1.44. The molecule has 138 valence electrons. The molecule has 4 aromatic rings. The van der Waals surface area contributed by atoms with Crippen molar-refractivity contribution in [2.75, 3.05) is 13.7 Å². The largest absolute Gasteiger partial charge is 0.475 e. The van der Waals surface area contributed by atoms with Gasteiger partial charge in [-0.25, -0.2) is 9.50 Å². The van der Waals surface area contributed by atoms with Crippen molar-refractivity contribution in [2.24, 2.45) is 0 Å². The molecule has 27 heavy (non-hydrogen) atoms. The molecule has 7 heteroatoms. The predicted octanol–water partition coefficient (Wildman–Crippen LogP) is 2.93. The quantitative estimate of drug-likeness (QED) is 0.600. The van der Waals surface area contributed by atoms with Gasteiger partial charge in [0.05, 0.1) is 6.20 Å². The van der Waals surface area contributed by atoms with Gasteiger partial charge in [-0.1, -0.05) is 18.2 Å². The zero-order chi connectivity index (χ0) is 18.4. The Labute approximate surface area is 155 Å². The summed E-state index contributed by atoms with van der Waals surface area (Å²) in [5.74, 6) is 1.24. The van der Waals surface area contributed by atoms with Gasteiger partial charge in [0.25, 0.3) is 0 Å². The Kier molecular flexibility index (Phi) is 3.84. The van der Waals surface area contributed by atoms with Crippen LogP contribution in [-0.2, 0) is 0 Å². The van der Waals surface area contributed by atoms with Crippen molar-refractivity contribution in [1.29, 1.82) is 0 Å². The highest BCUT2D eigenvalue weighted by Crippen LogP contribution is 2.28. The summed E-state index contributed by atoms with van der Waals surface area (Å²) >= 11 is 0. The van der Waals surface area contributed by atoms with Crippen LogP contribution in [0.3, 0.4) is 0 Å². The first kappa shape index (κ1) is 16.3. The summed E-state index contributed by atoms with van der Waals surface area (Å²) in [6.45, 7) is 0.487. The molecule has 4 heterocycles. The number of furan rings is 1. The highest BCUT2D eigenvalue weighted by Gasteiger charge is 2.29. The van der Waals surface area contributed by atoms with Gasteiger partial charge < -0.3 is 14.3 Å². The van der Waals surface area contributed by atoms with E-state index in [2.05, 4.69) is 10.1 Å². The van der Waals surface area contributed by atoms with Crippen LogP contribution in [0, 0.1) is 0 Å². The molecule has 0 saturated carbocycles. The number of ether oxygens (including phenoxy) is 1. The Morgan fingerprint density at radius 2 is 2.11 bits per heavy atom. The molecule has 1 aliphatic rings. The van der Waals surface area contributed by atoms with Gasteiger partial charge in [0.1, 0.15) is 24.1 Å². The first-order valence-electron chi connectivity index (χ1n) is 9.05. The van der Waals surface area contributed by atoms with E-state index in [-0.39, 0.29) is 12.3 Å². The Bertz CT molecular complexity index is 1070. The van der Waals surface area contributed by atoms with Crippen LogP contribution >= 0.6 is 0 Å². The molecule has 3 aromatic heterocycles. The maximum atomic E-state index is 9.83. The second kappa shape index (κ2) is 6.37. The number of fused-ring (bicyclic) bond motifs is 2. The third-order valence-electron chi connectivity index (χ3n) is 5.24. The van der Waals surface area contributed by atoms with E-state index in [0.717, 1.165) is 35.2 Å². The number of aliphatic hydroxyl groups excluding tert-OH is 1. The molecule has 2 atom stereocenters. The molecule has 0 bridgehead atoms. The fraction of sp³-hybridized carbons (Fsp3) is 0.300. The summed E-state index contributed by atoms with van der Waals surface area (Å²) in [6, 6.07) is 13.8. The molecule has 0 amide bonds. The Morgan fingerprint density at radius 3 is 2.93 bits per heavy atom. The van der Waals surface area contributed by atoms with Crippen LogP contribution < -0.4 is 4.74 Å². The standard InChI is InChI=1S/C20H20N4O3/c1-23-14(6-9-20(23)25)12-26-19-8-7-18-21-11-15(24(18)22-19)17-10-13-4-2-3-5-16(13)27-17/h2-5,7-8,10-11,14,20,25H,6,9,12H2,1H3. The van der Waals surface area contributed by atoms with Crippen molar-refractivity contribution in [3.05, 3.63) is 48.7 Å². The average Bonchev–Trinajstić information content (AvgIpc) is 3.37. The number of aliphatic hydroxyl groups is 1. The number of hydrogen-bond donors (Lipinski definition) is 1. The van der Waals surface area contributed by atoms with E-state index in [9.17, 15) is 5.11 Å². The lowest BCUT2D eigenvalue weighted by Gasteiger charge is -2.22. The predicted molar refractivity (Wildman–Crippen MR) is 100 cm³/mol. The monoisotopic (exact) mass is 364 g/mol. The van der Waals surface area contributed by atoms with Gasteiger partial charge in [0.2, 0.25) is 5.88 Å². The Hall–Kier alpha value is -2.90. The molecular formula is C20H20N4O3. The maximum absolute atomic E-state index is 9.83. The molecule has 1 aliphatic heterocycles. The lowest BCUT2D eigenvalue weighted by atomic mass is 10.2. The average molecular weight is 364 g/mol. The molecule has 0 spiro atoms. The summed E-state index contributed by atoms with van der Waals surface area (Å²) in [5.41, 5.74) is 2.34. The molecule has 1 fully saturated rings. The molecule has 7 nitrogen and oxygen atoms in total. The topological polar surface area (TPSA) is 76.0 Å².